The van der Waals surface area contributed by atoms with E-state index >= 15 is 0 Å². The Kier molecular flexibility index (Phi) is 3.40. The summed E-state index contributed by atoms with van der Waals surface area (Å²) >= 11 is 0. The fourth-order valence-corrected chi connectivity index (χ4v) is 1.97. The molecule has 2 N–H and O–H groups in total. The molecule has 1 aromatic carbocycles. The van der Waals surface area contributed by atoms with E-state index in [0.29, 0.717) is 0 Å². The summed E-state index contributed by atoms with van der Waals surface area (Å²) in [6.07, 6.45) is 0. The van der Waals surface area contributed by atoms with Crippen molar-refractivity contribution in [3.8, 4) is 6.07 Å². The summed E-state index contributed by atoms with van der Waals surface area (Å²) in [7, 11) is 0. The molecular formula is C13H13FN2O3. The fraction of sp³-hybridized carbons (Fsp3) is 0.385. The Morgan fingerprint density at radius 1 is 1.68 bits per heavy atom. The van der Waals surface area contributed by atoms with E-state index in [0.717, 1.165) is 6.07 Å². The van der Waals surface area contributed by atoms with Gasteiger partial charge >= 0.3 is 5.97 Å². The van der Waals surface area contributed by atoms with Gasteiger partial charge in [0, 0.05) is 0 Å². The van der Waals surface area contributed by atoms with Crippen molar-refractivity contribution in [3.63, 3.8) is 0 Å². The first-order valence-corrected chi connectivity index (χ1v) is 5.74. The van der Waals surface area contributed by atoms with Crippen molar-refractivity contribution in [2.24, 2.45) is 5.41 Å². The lowest BCUT2D eigenvalue weighted by Gasteiger charge is -2.26. The maximum absolute atomic E-state index is 13.7. The number of rotatable bonds is 3. The highest BCUT2D eigenvalue weighted by Gasteiger charge is 2.46. The van der Waals surface area contributed by atoms with Gasteiger partial charge in [-0.05, 0) is 25.1 Å². The van der Waals surface area contributed by atoms with Crippen LogP contribution in [0.1, 0.15) is 12.5 Å². The van der Waals surface area contributed by atoms with Crippen LogP contribution in [0.2, 0.25) is 0 Å². The highest BCUT2D eigenvalue weighted by molar-refractivity contribution is 5.76. The molecule has 0 bridgehead atoms. The molecule has 0 radical (unpaired) electrons. The number of anilines is 1. The molecule has 2 rings (SSSR count). The summed E-state index contributed by atoms with van der Waals surface area (Å²) in [6, 6.07) is 5.32. The van der Waals surface area contributed by atoms with Crippen LogP contribution in [0.3, 0.4) is 0 Å². The number of benzene rings is 1. The highest BCUT2D eigenvalue weighted by atomic mass is 19.1. The van der Waals surface area contributed by atoms with Crippen LogP contribution >= 0.6 is 0 Å². The molecule has 0 spiro atoms. The van der Waals surface area contributed by atoms with Crippen molar-refractivity contribution in [1.82, 2.24) is 0 Å². The van der Waals surface area contributed by atoms with Crippen molar-refractivity contribution in [1.29, 1.82) is 5.26 Å². The van der Waals surface area contributed by atoms with E-state index in [-0.39, 0.29) is 24.5 Å². The Balaban J connectivity index is 2.22. The quantitative estimate of drug-likeness (QED) is 0.866. The molecule has 6 heteroatoms. The summed E-state index contributed by atoms with van der Waals surface area (Å²) in [5.74, 6) is -1.57. The normalized spacial score (nSPS) is 25.8. The van der Waals surface area contributed by atoms with E-state index in [4.69, 9.17) is 10.00 Å². The average molecular weight is 264 g/mol. The van der Waals surface area contributed by atoms with E-state index in [1.54, 1.807) is 6.92 Å². The summed E-state index contributed by atoms with van der Waals surface area (Å²) in [4.78, 5) is 11.3. The lowest BCUT2D eigenvalue weighted by atomic mass is 9.85. The molecule has 1 saturated heterocycles. The zero-order chi connectivity index (χ0) is 14.0. The van der Waals surface area contributed by atoms with Crippen LogP contribution in [0.25, 0.3) is 0 Å². The van der Waals surface area contributed by atoms with Gasteiger partial charge in [-0.2, -0.15) is 5.26 Å². The molecular weight excluding hydrogens is 251 g/mol. The first kappa shape index (κ1) is 13.3. The van der Waals surface area contributed by atoms with Gasteiger partial charge in [-0.25, -0.2) is 4.39 Å². The Morgan fingerprint density at radius 2 is 2.42 bits per heavy atom. The maximum atomic E-state index is 13.7. The van der Waals surface area contributed by atoms with Crippen molar-refractivity contribution >= 4 is 11.7 Å². The summed E-state index contributed by atoms with van der Waals surface area (Å²) < 4.78 is 18.9. The predicted octanol–water partition coefficient (Wildman–Crippen LogP) is 1.60. The lowest BCUT2D eigenvalue weighted by Crippen LogP contribution is -2.43. The second-order valence-electron chi connectivity index (χ2n) is 4.74. The first-order valence-electron chi connectivity index (χ1n) is 5.74. The van der Waals surface area contributed by atoms with Crippen LogP contribution in [0, 0.1) is 22.6 Å². The predicted molar refractivity (Wildman–Crippen MR) is 65.1 cm³/mol. The topological polar surface area (TPSA) is 82.3 Å². The van der Waals surface area contributed by atoms with Crippen LogP contribution in [-0.4, -0.2) is 30.3 Å². The van der Waals surface area contributed by atoms with E-state index in [1.807, 2.05) is 6.07 Å². The number of nitrogens with zero attached hydrogens (tertiary/aromatic N) is 1. The second-order valence-corrected chi connectivity index (χ2v) is 4.74. The van der Waals surface area contributed by atoms with Gasteiger partial charge in [-0.1, -0.05) is 0 Å². The third-order valence-electron chi connectivity index (χ3n) is 3.37. The number of carbonyl (C=O) groups is 1. The van der Waals surface area contributed by atoms with E-state index < -0.39 is 23.2 Å². The van der Waals surface area contributed by atoms with Gasteiger partial charge in [0.2, 0.25) is 0 Å². The Labute approximate surface area is 109 Å². The molecule has 0 amide bonds. The molecule has 19 heavy (non-hydrogen) atoms. The molecule has 0 saturated carbocycles. The Hall–Kier alpha value is -2.13. The van der Waals surface area contributed by atoms with E-state index in [2.05, 4.69) is 5.32 Å². The van der Waals surface area contributed by atoms with E-state index in [9.17, 15) is 14.3 Å². The van der Waals surface area contributed by atoms with Crippen molar-refractivity contribution in [2.45, 2.75) is 13.0 Å². The smallest absolute Gasteiger partial charge is 0.313 e. The number of ether oxygens (including phenoxy) is 1. The lowest BCUT2D eigenvalue weighted by molar-refractivity contribution is -0.148. The number of hydrogen-bond donors (Lipinski definition) is 2. The van der Waals surface area contributed by atoms with Gasteiger partial charge in [-0.3, -0.25) is 4.79 Å². The number of halogens is 1. The molecule has 0 aliphatic carbocycles. The number of carboxylic acid groups (broad SMARTS) is 1. The van der Waals surface area contributed by atoms with Gasteiger partial charge in [-0.15, -0.1) is 0 Å². The van der Waals surface area contributed by atoms with Crippen LogP contribution in [-0.2, 0) is 9.53 Å². The first-order chi connectivity index (χ1) is 8.97. The molecule has 100 valence electrons. The summed E-state index contributed by atoms with van der Waals surface area (Å²) in [5.41, 5.74) is -0.714. The second kappa shape index (κ2) is 4.86. The molecule has 1 fully saturated rings. The number of hydrogen-bond acceptors (Lipinski definition) is 4. The Morgan fingerprint density at radius 3 is 3.00 bits per heavy atom. The molecule has 5 nitrogen and oxygen atoms in total. The van der Waals surface area contributed by atoms with Crippen molar-refractivity contribution in [2.75, 3.05) is 18.5 Å². The van der Waals surface area contributed by atoms with Crippen molar-refractivity contribution in [3.05, 3.63) is 29.6 Å². The number of carboxylic acids is 1. The SMILES string of the molecule is CC1(C(=O)O)COCC1Nc1ccc(C#N)cc1F. The maximum Gasteiger partial charge on any atom is 0.313 e. The van der Waals surface area contributed by atoms with Gasteiger partial charge < -0.3 is 15.2 Å². The van der Waals surface area contributed by atoms with Gasteiger partial charge in [0.25, 0.3) is 0 Å². The molecule has 1 aliphatic rings. The zero-order valence-electron chi connectivity index (χ0n) is 10.3. The largest absolute Gasteiger partial charge is 0.481 e. The number of nitriles is 1. The minimum absolute atomic E-state index is 0.0812. The molecule has 0 aromatic heterocycles. The van der Waals surface area contributed by atoms with Gasteiger partial charge in [0.1, 0.15) is 11.2 Å². The molecule has 1 aliphatic heterocycles. The van der Waals surface area contributed by atoms with Gasteiger partial charge in [0.15, 0.2) is 0 Å². The monoisotopic (exact) mass is 264 g/mol. The third kappa shape index (κ3) is 2.37. The molecule has 1 aromatic rings. The minimum Gasteiger partial charge on any atom is -0.481 e. The summed E-state index contributed by atoms with van der Waals surface area (Å²) in [6.45, 7) is 1.84. The number of aliphatic carboxylic acids is 1. The molecule has 2 atom stereocenters. The number of nitrogens with one attached hydrogen (secondary N) is 1. The Bertz CT molecular complexity index is 555. The average Bonchev–Trinajstić information content (AvgIpc) is 2.75. The highest BCUT2D eigenvalue weighted by Crippen LogP contribution is 2.32. The van der Waals surface area contributed by atoms with Crippen LogP contribution < -0.4 is 5.32 Å². The molecule has 2 unspecified atom stereocenters. The standard InChI is InChI=1S/C13H13FN2O3/c1-13(12(17)18)7-19-6-11(13)16-10-3-2-8(5-15)4-9(10)14/h2-4,11,16H,6-7H2,1H3,(H,17,18). The van der Waals surface area contributed by atoms with Gasteiger partial charge in [0.05, 0.1) is 36.6 Å². The van der Waals surface area contributed by atoms with Crippen LogP contribution in [0.5, 0.6) is 0 Å². The minimum atomic E-state index is -1.10. The van der Waals surface area contributed by atoms with Crippen molar-refractivity contribution < 1.29 is 19.0 Å². The molecule has 1 heterocycles. The fourth-order valence-electron chi connectivity index (χ4n) is 1.97. The zero-order valence-corrected chi connectivity index (χ0v) is 10.3. The van der Waals surface area contributed by atoms with E-state index in [1.165, 1.54) is 12.1 Å². The third-order valence-corrected chi connectivity index (χ3v) is 3.37. The van der Waals surface area contributed by atoms with Crippen LogP contribution in [0.15, 0.2) is 18.2 Å². The summed E-state index contributed by atoms with van der Waals surface area (Å²) in [5, 5.41) is 20.7. The van der Waals surface area contributed by atoms with Crippen LogP contribution in [0.4, 0.5) is 10.1 Å².